The molecule has 15 atom stereocenters. The molecule has 0 amide bonds. The van der Waals surface area contributed by atoms with Gasteiger partial charge in [0.25, 0.3) is 0 Å². The molecule has 7 unspecified atom stereocenters. The summed E-state index contributed by atoms with van der Waals surface area (Å²) in [5.41, 5.74) is -3.22. The maximum atomic E-state index is 12.3. The van der Waals surface area contributed by atoms with E-state index in [0.717, 1.165) is 19.3 Å². The number of rotatable bonds is 6. The van der Waals surface area contributed by atoms with E-state index in [9.17, 15) is 40.9 Å². The molecule has 0 aromatic carbocycles. The molecule has 0 aromatic rings. The van der Waals surface area contributed by atoms with Gasteiger partial charge < -0.3 is 40.9 Å². The molecule has 4 rings (SSSR count). The largest absolute Gasteiger partial charge is 0.396 e. The predicted molar refractivity (Wildman–Crippen MR) is 129 cm³/mol. The number of aliphatic hydroxyl groups excluding tert-OH is 7. The summed E-state index contributed by atoms with van der Waals surface area (Å²) in [6, 6.07) is 0. The number of fused-ring (bicyclic) bond motifs is 5. The first-order chi connectivity index (χ1) is 16.3. The second-order valence-electron chi connectivity index (χ2n) is 13.2. The van der Waals surface area contributed by atoms with Crippen molar-refractivity contribution in [2.24, 2.45) is 46.3 Å². The van der Waals surface area contributed by atoms with Crippen molar-refractivity contribution in [3.05, 3.63) is 0 Å². The number of hydrogen-bond donors (Lipinski definition) is 8. The molecule has 0 bridgehead atoms. The van der Waals surface area contributed by atoms with E-state index in [1.54, 1.807) is 0 Å². The van der Waals surface area contributed by atoms with Gasteiger partial charge in [0, 0.05) is 18.4 Å². The minimum Gasteiger partial charge on any atom is -0.396 e. The van der Waals surface area contributed by atoms with Gasteiger partial charge in [-0.1, -0.05) is 40.5 Å². The summed E-state index contributed by atoms with van der Waals surface area (Å²) in [4.78, 5) is 0. The molecule has 4 aliphatic carbocycles. The first-order valence-corrected chi connectivity index (χ1v) is 13.7. The molecule has 0 heterocycles. The van der Waals surface area contributed by atoms with Crippen molar-refractivity contribution in [3.63, 3.8) is 0 Å². The van der Waals surface area contributed by atoms with E-state index >= 15 is 0 Å². The van der Waals surface area contributed by atoms with E-state index in [1.165, 1.54) is 0 Å². The maximum Gasteiger partial charge on any atom is 0.110 e. The van der Waals surface area contributed by atoms with Crippen LogP contribution >= 0.6 is 0 Å². The van der Waals surface area contributed by atoms with Crippen molar-refractivity contribution in [1.82, 2.24) is 0 Å². The fourth-order valence-electron chi connectivity index (χ4n) is 9.61. The highest BCUT2D eigenvalue weighted by molar-refractivity contribution is 5.25. The van der Waals surface area contributed by atoms with Gasteiger partial charge >= 0.3 is 0 Å². The Morgan fingerprint density at radius 2 is 1.43 bits per heavy atom. The molecule has 4 saturated carbocycles. The molecule has 0 radical (unpaired) electrons. The van der Waals surface area contributed by atoms with Gasteiger partial charge in [-0.25, -0.2) is 0 Å². The first kappa shape index (κ1) is 27.7. The molecular weight excluding hydrogens is 452 g/mol. The SMILES string of the molecule is CC(CO)CCC[C@@H](C)[C@H]1C(O)C(O)[C@@H]2[C@]1(C)CC[C@@H]1[C@@]3(C)CCC(O)C(O)[C@@H]3C(O)C(O)[C@]12O. The van der Waals surface area contributed by atoms with Crippen LogP contribution < -0.4 is 0 Å². The molecule has 8 nitrogen and oxygen atoms in total. The van der Waals surface area contributed by atoms with Crippen molar-refractivity contribution >= 4 is 0 Å². The van der Waals surface area contributed by atoms with Crippen molar-refractivity contribution in [3.8, 4) is 0 Å². The van der Waals surface area contributed by atoms with Crippen LogP contribution in [0.15, 0.2) is 0 Å². The average molecular weight is 501 g/mol. The van der Waals surface area contributed by atoms with Crippen LogP contribution in [0.1, 0.15) is 72.6 Å². The van der Waals surface area contributed by atoms with Crippen molar-refractivity contribution in [2.75, 3.05) is 6.61 Å². The Morgan fingerprint density at radius 3 is 2.06 bits per heavy atom. The summed E-state index contributed by atoms with van der Waals surface area (Å²) < 4.78 is 0. The summed E-state index contributed by atoms with van der Waals surface area (Å²) in [5.74, 6) is -2.15. The molecule has 204 valence electrons. The molecule has 0 aliphatic heterocycles. The number of aliphatic hydroxyl groups is 8. The Hall–Kier alpha value is -0.320. The van der Waals surface area contributed by atoms with Crippen LogP contribution in [-0.4, -0.2) is 89.7 Å². The van der Waals surface area contributed by atoms with Crippen LogP contribution in [0.25, 0.3) is 0 Å². The topological polar surface area (TPSA) is 162 Å². The molecule has 8 heteroatoms. The molecule has 8 N–H and O–H groups in total. The summed E-state index contributed by atoms with van der Waals surface area (Å²) in [6.45, 7) is 8.11. The average Bonchev–Trinajstić information content (AvgIpc) is 3.00. The molecule has 4 aliphatic rings. The standard InChI is InChI=1S/C27H48O8/c1-13(12-28)6-5-7-14(2)17-20(31)22(33)23-26(17,4)11-9-16-25(3)10-8-15(29)19(30)18(25)21(32)24(34)27(16,23)35/h13-24,28-35H,5-12H2,1-4H3/t13?,14-,15?,16-,17+,18-,19?,20?,21?,22?,23-,24?,25-,26-,27+/m1/s1. The van der Waals surface area contributed by atoms with E-state index < -0.39 is 70.8 Å². The zero-order chi connectivity index (χ0) is 26.1. The lowest BCUT2D eigenvalue weighted by molar-refractivity contribution is -0.322. The lowest BCUT2D eigenvalue weighted by Crippen LogP contribution is -2.76. The zero-order valence-electron chi connectivity index (χ0n) is 21.7. The lowest BCUT2D eigenvalue weighted by Gasteiger charge is -2.67. The quantitative estimate of drug-likeness (QED) is 0.260. The minimum atomic E-state index is -1.83. The van der Waals surface area contributed by atoms with Gasteiger partial charge in [-0.3, -0.25) is 0 Å². The highest BCUT2D eigenvalue weighted by atomic mass is 16.4. The van der Waals surface area contributed by atoms with Gasteiger partial charge in [-0.05, 0) is 66.6 Å². The van der Waals surface area contributed by atoms with Crippen LogP contribution in [0.5, 0.6) is 0 Å². The van der Waals surface area contributed by atoms with E-state index in [-0.39, 0.29) is 24.4 Å². The third kappa shape index (κ3) is 3.85. The second kappa shape index (κ2) is 9.45. The highest BCUT2D eigenvalue weighted by Crippen LogP contribution is 2.69. The van der Waals surface area contributed by atoms with E-state index in [0.29, 0.717) is 25.7 Å². The fourth-order valence-corrected chi connectivity index (χ4v) is 9.61. The van der Waals surface area contributed by atoms with Crippen LogP contribution in [0.2, 0.25) is 0 Å². The molecule has 0 saturated heterocycles. The van der Waals surface area contributed by atoms with Gasteiger partial charge in [-0.2, -0.15) is 0 Å². The Kier molecular flexibility index (Phi) is 7.48. The predicted octanol–water partition coefficient (Wildman–Crippen LogP) is 0.410. The molecule has 35 heavy (non-hydrogen) atoms. The summed E-state index contributed by atoms with van der Waals surface area (Å²) in [5, 5.41) is 88.0. The monoisotopic (exact) mass is 500 g/mol. The van der Waals surface area contributed by atoms with Crippen LogP contribution in [-0.2, 0) is 0 Å². The van der Waals surface area contributed by atoms with Crippen molar-refractivity contribution in [1.29, 1.82) is 0 Å². The van der Waals surface area contributed by atoms with Gasteiger partial charge in [-0.15, -0.1) is 0 Å². The van der Waals surface area contributed by atoms with Crippen LogP contribution in [0.3, 0.4) is 0 Å². The summed E-state index contributed by atoms with van der Waals surface area (Å²) in [6.07, 6.45) is -3.02. The van der Waals surface area contributed by atoms with E-state index in [4.69, 9.17) is 0 Å². The van der Waals surface area contributed by atoms with E-state index in [1.807, 2.05) is 20.8 Å². The second-order valence-corrected chi connectivity index (χ2v) is 13.2. The smallest absolute Gasteiger partial charge is 0.110 e. The third-order valence-corrected chi connectivity index (χ3v) is 11.3. The zero-order valence-corrected chi connectivity index (χ0v) is 21.7. The normalized spacial score (nSPS) is 55.5. The van der Waals surface area contributed by atoms with Gasteiger partial charge in [0.2, 0.25) is 0 Å². The van der Waals surface area contributed by atoms with Crippen molar-refractivity contribution < 1.29 is 40.9 Å². The molecule has 4 fully saturated rings. The maximum absolute atomic E-state index is 12.3. The fraction of sp³-hybridized carbons (Fsp3) is 1.00. The first-order valence-electron chi connectivity index (χ1n) is 13.7. The summed E-state index contributed by atoms with van der Waals surface area (Å²) in [7, 11) is 0. The highest BCUT2D eigenvalue weighted by Gasteiger charge is 2.76. The van der Waals surface area contributed by atoms with Gasteiger partial charge in [0.05, 0.1) is 30.5 Å². The van der Waals surface area contributed by atoms with E-state index in [2.05, 4.69) is 6.92 Å². The Balaban J connectivity index is 1.67. The molecular formula is C27H48O8. The molecule has 0 aromatic heterocycles. The Morgan fingerprint density at radius 1 is 0.800 bits per heavy atom. The third-order valence-electron chi connectivity index (χ3n) is 11.3. The Labute approximate surface area is 209 Å². The minimum absolute atomic E-state index is 0.0568. The summed E-state index contributed by atoms with van der Waals surface area (Å²) >= 11 is 0. The molecule has 0 spiro atoms. The Bertz CT molecular complexity index is 765. The van der Waals surface area contributed by atoms with Crippen molar-refractivity contribution in [2.45, 2.75) is 115 Å². The van der Waals surface area contributed by atoms with Gasteiger partial charge in [0.1, 0.15) is 11.7 Å². The number of hydrogen-bond acceptors (Lipinski definition) is 8. The van der Waals surface area contributed by atoms with Crippen LogP contribution in [0.4, 0.5) is 0 Å². The van der Waals surface area contributed by atoms with Crippen LogP contribution in [0, 0.1) is 46.3 Å². The lowest BCUT2D eigenvalue weighted by atomic mass is 9.40. The van der Waals surface area contributed by atoms with Gasteiger partial charge in [0.15, 0.2) is 0 Å².